The van der Waals surface area contributed by atoms with Gasteiger partial charge in [0.25, 0.3) is 0 Å². The molecule has 5 heteroatoms. The summed E-state index contributed by atoms with van der Waals surface area (Å²) in [5.74, 6) is 1.64. The first kappa shape index (κ1) is 19.2. The zero-order chi connectivity index (χ0) is 34.3. The molecule has 206 valence electrons. The van der Waals surface area contributed by atoms with Crippen LogP contribution in [0.3, 0.4) is 0 Å². The van der Waals surface area contributed by atoms with Crippen molar-refractivity contribution >= 4 is 43.7 Å². The van der Waals surface area contributed by atoms with Crippen LogP contribution in [0.1, 0.15) is 8.22 Å². The van der Waals surface area contributed by atoms with E-state index in [0.717, 1.165) is 27.5 Å². The van der Waals surface area contributed by atoms with Gasteiger partial charge in [-0.25, -0.2) is 15.0 Å². The van der Waals surface area contributed by atoms with Gasteiger partial charge in [0.15, 0.2) is 17.5 Å². The van der Waals surface area contributed by atoms with Crippen LogP contribution in [0.4, 0.5) is 0 Å². The molecule has 0 spiro atoms. The second-order valence-electron chi connectivity index (χ2n) is 10.4. The molecule has 0 N–H and O–H groups in total. The van der Waals surface area contributed by atoms with Gasteiger partial charge in [0, 0.05) is 50.0 Å². The van der Waals surface area contributed by atoms with E-state index in [1.807, 2.05) is 97.1 Å². The molecule has 0 saturated heterocycles. The van der Waals surface area contributed by atoms with Crippen molar-refractivity contribution in [3.05, 3.63) is 145 Å². The summed E-state index contributed by atoms with van der Waals surface area (Å²) < 4.78 is 59.5. The van der Waals surface area contributed by atoms with Crippen LogP contribution in [-0.2, 0) is 0 Å². The predicted molar refractivity (Wildman–Crippen MR) is 178 cm³/mol. The van der Waals surface area contributed by atoms with Crippen molar-refractivity contribution in [3.63, 3.8) is 0 Å². The predicted octanol–water partition coefficient (Wildman–Crippen LogP) is 9.87. The molecule has 9 aromatic rings. The van der Waals surface area contributed by atoms with Crippen molar-refractivity contribution in [1.82, 2.24) is 19.5 Å². The highest BCUT2D eigenvalue weighted by Gasteiger charge is 2.16. The lowest BCUT2D eigenvalue weighted by Gasteiger charge is -2.08. The van der Waals surface area contributed by atoms with E-state index in [4.69, 9.17) is 27.6 Å². The number of para-hydroxylation sites is 2. The van der Waals surface area contributed by atoms with Gasteiger partial charge in [-0.3, -0.25) is 0 Å². The van der Waals surface area contributed by atoms with E-state index in [-0.39, 0.29) is 47.0 Å². The van der Waals surface area contributed by atoms with Crippen LogP contribution in [0, 0.1) is 0 Å². The highest BCUT2D eigenvalue weighted by atomic mass is 16.3. The SMILES string of the molecule is [2H]c1cc([2H])c2c(c1[2H])c1c([2H])c([2H])cc([2H])c1n2-c1ccc2c(c1)oc1ccc(-c3nc(-c4ccccc4)nc(-c4ccccc4)n3)cc12. The molecule has 3 aromatic heterocycles. The Morgan fingerprint density at radius 1 is 0.477 bits per heavy atom. The molecule has 0 aliphatic rings. The van der Waals surface area contributed by atoms with Crippen LogP contribution >= 0.6 is 0 Å². The molecule has 0 fully saturated rings. The summed E-state index contributed by atoms with van der Waals surface area (Å²) in [6, 6.07) is 32.9. The normalized spacial score (nSPS) is 13.5. The summed E-state index contributed by atoms with van der Waals surface area (Å²) in [6.45, 7) is 0. The van der Waals surface area contributed by atoms with Crippen molar-refractivity contribution in [2.45, 2.75) is 0 Å². The second kappa shape index (κ2) is 9.75. The Bertz CT molecular complexity index is 2700. The first-order valence-corrected chi connectivity index (χ1v) is 14.1. The van der Waals surface area contributed by atoms with Gasteiger partial charge in [0.05, 0.1) is 19.3 Å². The van der Waals surface area contributed by atoms with E-state index in [2.05, 4.69) is 0 Å². The van der Waals surface area contributed by atoms with Crippen LogP contribution in [0.5, 0.6) is 0 Å². The summed E-state index contributed by atoms with van der Waals surface area (Å²) in [4.78, 5) is 14.5. The van der Waals surface area contributed by atoms with Crippen molar-refractivity contribution in [2.24, 2.45) is 0 Å². The van der Waals surface area contributed by atoms with E-state index in [0.29, 0.717) is 45.4 Å². The standard InChI is InChI=1S/C39H24N4O/c1-3-11-25(12-4-1)37-40-38(26-13-5-2-6-14-26)42-39(41-37)27-19-22-35-32(23-27)31-21-20-28(24-36(31)44-35)43-33-17-9-7-15-29(33)30-16-8-10-18-34(30)43/h1-24H/i7D,8D,15D,16D,17D,18D. The molecule has 0 aliphatic carbocycles. The average molecular weight is 571 g/mol. The fourth-order valence-electron chi connectivity index (χ4n) is 5.75. The van der Waals surface area contributed by atoms with Crippen molar-refractivity contribution < 1.29 is 12.6 Å². The third-order valence-electron chi connectivity index (χ3n) is 7.80. The molecule has 0 radical (unpaired) electrons. The smallest absolute Gasteiger partial charge is 0.164 e. The maximum atomic E-state index is 8.78. The number of furan rings is 1. The first-order valence-electron chi connectivity index (χ1n) is 17.1. The number of benzene rings is 6. The Morgan fingerprint density at radius 2 is 1.07 bits per heavy atom. The molecule has 9 rings (SSSR count). The topological polar surface area (TPSA) is 56.7 Å². The van der Waals surface area contributed by atoms with Crippen LogP contribution < -0.4 is 0 Å². The molecule has 3 heterocycles. The minimum Gasteiger partial charge on any atom is -0.456 e. The summed E-state index contributed by atoms with van der Waals surface area (Å²) in [6.07, 6.45) is 0. The van der Waals surface area contributed by atoms with Crippen LogP contribution in [0.15, 0.2) is 150 Å². The van der Waals surface area contributed by atoms with Gasteiger partial charge in [-0.05, 0) is 42.4 Å². The van der Waals surface area contributed by atoms with Crippen molar-refractivity contribution in [1.29, 1.82) is 0 Å². The fraction of sp³-hybridized carbons (Fsp3) is 0. The van der Waals surface area contributed by atoms with Gasteiger partial charge in [-0.15, -0.1) is 0 Å². The lowest BCUT2D eigenvalue weighted by atomic mass is 10.1. The third-order valence-corrected chi connectivity index (χ3v) is 7.80. The maximum Gasteiger partial charge on any atom is 0.164 e. The molecular weight excluding hydrogens is 540 g/mol. The number of hydrogen-bond acceptors (Lipinski definition) is 4. The van der Waals surface area contributed by atoms with Crippen molar-refractivity contribution in [2.75, 3.05) is 0 Å². The zero-order valence-corrected chi connectivity index (χ0v) is 23.1. The van der Waals surface area contributed by atoms with Crippen molar-refractivity contribution in [3.8, 4) is 39.9 Å². The first-order chi connectivity index (χ1) is 24.3. The van der Waals surface area contributed by atoms with E-state index >= 15 is 0 Å². The Morgan fingerprint density at radius 3 is 1.68 bits per heavy atom. The zero-order valence-electron chi connectivity index (χ0n) is 29.1. The number of hydrogen-bond donors (Lipinski definition) is 0. The molecule has 5 nitrogen and oxygen atoms in total. The fourth-order valence-corrected chi connectivity index (χ4v) is 5.75. The number of aromatic nitrogens is 4. The third kappa shape index (κ3) is 3.91. The molecule has 0 amide bonds. The maximum absolute atomic E-state index is 8.78. The second-order valence-corrected chi connectivity index (χ2v) is 10.4. The highest BCUT2D eigenvalue weighted by molar-refractivity contribution is 6.10. The van der Waals surface area contributed by atoms with E-state index in [1.54, 1.807) is 4.57 Å². The summed E-state index contributed by atoms with van der Waals surface area (Å²) in [5, 5.41) is 2.09. The van der Waals surface area contributed by atoms with E-state index in [9.17, 15) is 0 Å². The van der Waals surface area contributed by atoms with Gasteiger partial charge in [-0.1, -0.05) is 97.0 Å². The Labute approximate surface area is 261 Å². The lowest BCUT2D eigenvalue weighted by Crippen LogP contribution is -2.00. The molecule has 0 saturated carbocycles. The Kier molecular flexibility index (Phi) is 4.25. The molecule has 6 aromatic carbocycles. The van der Waals surface area contributed by atoms with Gasteiger partial charge < -0.3 is 8.98 Å². The van der Waals surface area contributed by atoms with Gasteiger partial charge in [0.2, 0.25) is 0 Å². The Balaban J connectivity index is 1.24. The largest absolute Gasteiger partial charge is 0.456 e. The Hall–Kier alpha value is -6.07. The van der Waals surface area contributed by atoms with Gasteiger partial charge in [0.1, 0.15) is 11.2 Å². The monoisotopic (exact) mass is 570 g/mol. The highest BCUT2D eigenvalue weighted by Crippen LogP contribution is 2.36. The lowest BCUT2D eigenvalue weighted by molar-refractivity contribution is 0.668. The summed E-state index contributed by atoms with van der Waals surface area (Å²) >= 11 is 0. The quantitative estimate of drug-likeness (QED) is 0.211. The van der Waals surface area contributed by atoms with Gasteiger partial charge in [-0.2, -0.15) is 0 Å². The van der Waals surface area contributed by atoms with Crippen LogP contribution in [0.2, 0.25) is 0 Å². The van der Waals surface area contributed by atoms with E-state index in [1.165, 1.54) is 12.1 Å². The van der Waals surface area contributed by atoms with Gasteiger partial charge >= 0.3 is 0 Å². The van der Waals surface area contributed by atoms with Crippen LogP contribution in [-0.4, -0.2) is 19.5 Å². The number of nitrogens with zero attached hydrogens (tertiary/aromatic N) is 4. The molecular formula is C39H24N4O. The number of rotatable bonds is 4. The van der Waals surface area contributed by atoms with Crippen LogP contribution in [0.25, 0.3) is 83.6 Å². The average Bonchev–Trinajstić information content (AvgIpc) is 3.70. The van der Waals surface area contributed by atoms with E-state index < -0.39 is 0 Å². The summed E-state index contributed by atoms with van der Waals surface area (Å²) in [5.41, 5.74) is 4.88. The molecule has 0 aliphatic heterocycles. The molecule has 0 atom stereocenters. The minimum atomic E-state index is -0.156. The summed E-state index contributed by atoms with van der Waals surface area (Å²) in [7, 11) is 0. The molecule has 0 unspecified atom stereocenters. The molecule has 44 heavy (non-hydrogen) atoms. The number of fused-ring (bicyclic) bond motifs is 6. The minimum absolute atomic E-state index is 0.0148. The molecule has 0 bridgehead atoms.